The van der Waals surface area contributed by atoms with Crippen molar-refractivity contribution in [3.8, 4) is 5.75 Å². The molecule has 0 aliphatic heterocycles. The molecule has 26 heavy (non-hydrogen) atoms. The van der Waals surface area contributed by atoms with Gasteiger partial charge >= 0.3 is 0 Å². The van der Waals surface area contributed by atoms with Crippen LogP contribution in [-0.2, 0) is 4.79 Å². The first-order valence-electron chi connectivity index (χ1n) is 7.33. The summed E-state index contributed by atoms with van der Waals surface area (Å²) in [6.07, 6.45) is -0.0787. The summed E-state index contributed by atoms with van der Waals surface area (Å²) in [5.41, 5.74) is 2.96. The molecule has 0 saturated carbocycles. The van der Waals surface area contributed by atoms with Crippen LogP contribution in [0.2, 0.25) is 15.1 Å². The van der Waals surface area contributed by atoms with Gasteiger partial charge in [-0.05, 0) is 43.3 Å². The standard InChI is InChI=1S/C17H14Cl3N3O3/c1-9(6-16(25)21-14-8-11(19)2-4-13(14)20)22-23-17(26)12-7-10(18)3-5-15(12)24/h2-5,7-8,24H,6H2,1H3,(H,21,25)(H,23,26). The number of amides is 2. The molecule has 2 rings (SSSR count). The number of anilines is 1. The normalized spacial score (nSPS) is 11.2. The summed E-state index contributed by atoms with van der Waals surface area (Å²) < 4.78 is 0. The van der Waals surface area contributed by atoms with Crippen molar-refractivity contribution in [1.82, 2.24) is 5.43 Å². The molecule has 0 spiro atoms. The molecule has 2 aromatic carbocycles. The Bertz CT molecular complexity index is 885. The lowest BCUT2D eigenvalue weighted by Crippen LogP contribution is -2.21. The molecule has 6 nitrogen and oxygen atoms in total. The second kappa shape index (κ2) is 8.89. The smallest absolute Gasteiger partial charge is 0.275 e. The summed E-state index contributed by atoms with van der Waals surface area (Å²) >= 11 is 17.6. The van der Waals surface area contributed by atoms with E-state index in [1.54, 1.807) is 19.1 Å². The minimum Gasteiger partial charge on any atom is -0.507 e. The monoisotopic (exact) mass is 413 g/mol. The Morgan fingerprint density at radius 2 is 1.73 bits per heavy atom. The number of phenols is 1. The maximum absolute atomic E-state index is 12.0. The van der Waals surface area contributed by atoms with E-state index in [1.165, 1.54) is 24.3 Å². The molecule has 9 heteroatoms. The van der Waals surface area contributed by atoms with Gasteiger partial charge in [0.15, 0.2) is 0 Å². The van der Waals surface area contributed by atoms with Crippen LogP contribution < -0.4 is 10.7 Å². The lowest BCUT2D eigenvalue weighted by Gasteiger charge is -2.08. The molecule has 3 N–H and O–H groups in total. The highest BCUT2D eigenvalue weighted by Gasteiger charge is 2.12. The van der Waals surface area contributed by atoms with Crippen LogP contribution in [0.5, 0.6) is 5.75 Å². The van der Waals surface area contributed by atoms with Gasteiger partial charge in [-0.15, -0.1) is 0 Å². The van der Waals surface area contributed by atoms with Crippen LogP contribution in [0.4, 0.5) is 5.69 Å². The summed E-state index contributed by atoms with van der Waals surface area (Å²) in [5, 5.41) is 17.2. The van der Waals surface area contributed by atoms with E-state index in [4.69, 9.17) is 34.8 Å². The molecular formula is C17H14Cl3N3O3. The number of nitrogens with one attached hydrogen (secondary N) is 2. The first kappa shape index (κ1) is 20.0. The Morgan fingerprint density at radius 3 is 2.46 bits per heavy atom. The lowest BCUT2D eigenvalue weighted by molar-refractivity contribution is -0.115. The fraction of sp³-hybridized carbons (Fsp3) is 0.118. The van der Waals surface area contributed by atoms with E-state index in [0.29, 0.717) is 26.5 Å². The summed E-state index contributed by atoms with van der Waals surface area (Å²) in [7, 11) is 0. The fourth-order valence-corrected chi connectivity index (χ4v) is 2.47. The topological polar surface area (TPSA) is 90.8 Å². The van der Waals surface area contributed by atoms with Crippen molar-refractivity contribution < 1.29 is 14.7 Å². The van der Waals surface area contributed by atoms with Gasteiger partial charge in [-0.1, -0.05) is 34.8 Å². The van der Waals surface area contributed by atoms with Crippen LogP contribution in [0.3, 0.4) is 0 Å². The number of hydrogen-bond acceptors (Lipinski definition) is 4. The minimum atomic E-state index is -0.650. The van der Waals surface area contributed by atoms with E-state index in [-0.39, 0.29) is 23.6 Å². The lowest BCUT2D eigenvalue weighted by atomic mass is 10.2. The van der Waals surface area contributed by atoms with Crippen molar-refractivity contribution in [2.24, 2.45) is 5.10 Å². The zero-order valence-electron chi connectivity index (χ0n) is 13.5. The Hall–Kier alpha value is -2.28. The van der Waals surface area contributed by atoms with Crippen LogP contribution in [0, 0.1) is 0 Å². The molecule has 0 saturated heterocycles. The number of hydrazone groups is 1. The van der Waals surface area contributed by atoms with E-state index in [0.717, 1.165) is 0 Å². The highest BCUT2D eigenvalue weighted by Crippen LogP contribution is 2.25. The third-order valence-electron chi connectivity index (χ3n) is 3.17. The number of rotatable bonds is 5. The third-order valence-corrected chi connectivity index (χ3v) is 3.97. The molecular weight excluding hydrogens is 401 g/mol. The molecule has 2 amide bonds. The predicted molar refractivity (Wildman–Crippen MR) is 103 cm³/mol. The first-order chi connectivity index (χ1) is 12.3. The number of phenolic OH excluding ortho intramolecular Hbond substituents is 1. The van der Waals surface area contributed by atoms with Crippen LogP contribution in [0.25, 0.3) is 0 Å². The maximum atomic E-state index is 12.0. The Labute approximate surface area is 164 Å². The van der Waals surface area contributed by atoms with Gasteiger partial charge in [0.25, 0.3) is 5.91 Å². The Morgan fingerprint density at radius 1 is 1.08 bits per heavy atom. The van der Waals surface area contributed by atoms with Crippen molar-refractivity contribution in [3.63, 3.8) is 0 Å². The second-order valence-electron chi connectivity index (χ2n) is 5.30. The SMILES string of the molecule is CC(CC(=O)Nc1cc(Cl)ccc1Cl)=NNC(=O)c1cc(Cl)ccc1O. The number of aromatic hydroxyl groups is 1. The zero-order chi connectivity index (χ0) is 19.3. The Kier molecular flexibility index (Phi) is 6.85. The molecule has 0 atom stereocenters. The number of hydrogen-bond donors (Lipinski definition) is 3. The quantitative estimate of drug-likeness (QED) is 0.497. The number of halogens is 3. The van der Waals surface area contributed by atoms with E-state index < -0.39 is 5.91 Å². The van der Waals surface area contributed by atoms with Crippen LogP contribution >= 0.6 is 34.8 Å². The highest BCUT2D eigenvalue weighted by atomic mass is 35.5. The average Bonchev–Trinajstić information content (AvgIpc) is 2.58. The molecule has 0 aliphatic carbocycles. The Balaban J connectivity index is 1.97. The van der Waals surface area contributed by atoms with Crippen molar-refractivity contribution in [1.29, 1.82) is 0 Å². The fourth-order valence-electron chi connectivity index (χ4n) is 1.96. The maximum Gasteiger partial charge on any atom is 0.275 e. The van der Waals surface area contributed by atoms with Crippen molar-refractivity contribution in [2.75, 3.05) is 5.32 Å². The van der Waals surface area contributed by atoms with Gasteiger partial charge in [-0.2, -0.15) is 5.10 Å². The van der Waals surface area contributed by atoms with Crippen LogP contribution in [0.1, 0.15) is 23.7 Å². The van der Waals surface area contributed by atoms with Crippen LogP contribution in [0.15, 0.2) is 41.5 Å². The summed E-state index contributed by atoms with van der Waals surface area (Å²) in [6.45, 7) is 1.57. The molecule has 0 heterocycles. The molecule has 136 valence electrons. The number of carbonyl (C=O) groups is 2. The van der Waals surface area contributed by atoms with Crippen molar-refractivity contribution in [2.45, 2.75) is 13.3 Å². The van der Waals surface area contributed by atoms with Gasteiger partial charge in [-0.3, -0.25) is 9.59 Å². The summed E-state index contributed by atoms with van der Waals surface area (Å²) in [4.78, 5) is 24.0. The van der Waals surface area contributed by atoms with Gasteiger partial charge in [0.05, 0.1) is 22.7 Å². The van der Waals surface area contributed by atoms with Gasteiger partial charge in [0.1, 0.15) is 5.75 Å². The number of nitrogens with zero attached hydrogens (tertiary/aromatic N) is 1. The number of carbonyl (C=O) groups excluding carboxylic acids is 2. The molecule has 0 bridgehead atoms. The van der Waals surface area contributed by atoms with Gasteiger partial charge in [0.2, 0.25) is 5.91 Å². The van der Waals surface area contributed by atoms with Gasteiger partial charge in [-0.25, -0.2) is 5.43 Å². The van der Waals surface area contributed by atoms with Crippen molar-refractivity contribution >= 4 is 58.0 Å². The van der Waals surface area contributed by atoms with Crippen molar-refractivity contribution in [3.05, 3.63) is 57.0 Å². The van der Waals surface area contributed by atoms with Gasteiger partial charge in [0, 0.05) is 15.8 Å². The average molecular weight is 415 g/mol. The molecule has 2 aromatic rings. The predicted octanol–water partition coefficient (Wildman–Crippen LogP) is 4.49. The molecule has 0 radical (unpaired) electrons. The van der Waals surface area contributed by atoms with E-state index in [1.807, 2.05) is 0 Å². The zero-order valence-corrected chi connectivity index (χ0v) is 15.8. The molecule has 0 aliphatic rings. The summed E-state index contributed by atoms with van der Waals surface area (Å²) in [6, 6.07) is 8.76. The van der Waals surface area contributed by atoms with E-state index >= 15 is 0 Å². The third kappa shape index (κ3) is 5.62. The van der Waals surface area contributed by atoms with Gasteiger partial charge < -0.3 is 10.4 Å². The summed E-state index contributed by atoms with van der Waals surface area (Å²) in [5.74, 6) is -1.26. The number of benzene rings is 2. The second-order valence-corrected chi connectivity index (χ2v) is 6.58. The van der Waals surface area contributed by atoms with E-state index in [2.05, 4.69) is 15.8 Å². The van der Waals surface area contributed by atoms with E-state index in [9.17, 15) is 14.7 Å². The van der Waals surface area contributed by atoms with Crippen LogP contribution in [-0.4, -0.2) is 22.6 Å². The first-order valence-corrected chi connectivity index (χ1v) is 8.46. The largest absolute Gasteiger partial charge is 0.507 e. The molecule has 0 aromatic heterocycles. The highest BCUT2D eigenvalue weighted by molar-refractivity contribution is 6.35. The molecule has 0 unspecified atom stereocenters. The molecule has 0 fully saturated rings. The minimum absolute atomic E-state index is 0.0239.